The molecule has 0 aromatic carbocycles. The molecule has 2 aromatic rings. The van der Waals surface area contributed by atoms with Gasteiger partial charge in [-0.25, -0.2) is 9.97 Å². The van der Waals surface area contributed by atoms with Gasteiger partial charge in [-0.2, -0.15) is 11.8 Å². The zero-order chi connectivity index (χ0) is 15.6. The van der Waals surface area contributed by atoms with Gasteiger partial charge in [0.2, 0.25) is 0 Å². The lowest BCUT2D eigenvalue weighted by Gasteiger charge is -2.25. The van der Waals surface area contributed by atoms with Crippen LogP contribution in [-0.4, -0.2) is 40.0 Å². The highest BCUT2D eigenvalue weighted by Gasteiger charge is 2.17. The Balaban J connectivity index is 2.27. The number of nitrogens with zero attached hydrogens (tertiary/aromatic N) is 3. The maximum Gasteiger partial charge on any atom is 0.145 e. The fourth-order valence-electron chi connectivity index (χ4n) is 2.41. The molecule has 1 atom stereocenters. The van der Waals surface area contributed by atoms with Crippen LogP contribution < -0.4 is 0 Å². The van der Waals surface area contributed by atoms with Gasteiger partial charge >= 0.3 is 0 Å². The second-order valence-corrected chi connectivity index (χ2v) is 7.80. The molecule has 1 unspecified atom stereocenters. The van der Waals surface area contributed by atoms with Gasteiger partial charge in [-0.3, -0.25) is 4.90 Å². The van der Waals surface area contributed by atoms with Crippen molar-refractivity contribution in [3.8, 4) is 0 Å². The minimum Gasteiger partial charge on any atom is -0.295 e. The highest BCUT2D eigenvalue weighted by Crippen LogP contribution is 2.33. The van der Waals surface area contributed by atoms with Crippen LogP contribution in [0.5, 0.6) is 0 Å². The van der Waals surface area contributed by atoms with E-state index in [0.717, 1.165) is 34.8 Å². The Morgan fingerprint density at radius 2 is 2.05 bits per heavy atom. The Hall–Kier alpha value is -0.360. The van der Waals surface area contributed by atoms with Gasteiger partial charge in [0.1, 0.15) is 15.8 Å². The number of hydrogen-bond acceptors (Lipinski definition) is 5. The van der Waals surface area contributed by atoms with Crippen molar-refractivity contribution < 1.29 is 0 Å². The number of thiophene rings is 1. The van der Waals surface area contributed by atoms with Crippen LogP contribution in [-0.2, 0) is 6.54 Å². The van der Waals surface area contributed by atoms with E-state index in [1.54, 1.807) is 11.3 Å². The first kappa shape index (κ1) is 17.0. The Kier molecular flexibility index (Phi) is 5.88. The van der Waals surface area contributed by atoms with Gasteiger partial charge < -0.3 is 0 Å². The zero-order valence-electron chi connectivity index (χ0n) is 13.2. The second-order valence-electron chi connectivity index (χ2n) is 5.33. The number of rotatable bonds is 6. The summed E-state index contributed by atoms with van der Waals surface area (Å²) in [5, 5.41) is 1.60. The Morgan fingerprint density at radius 3 is 2.67 bits per heavy atom. The van der Waals surface area contributed by atoms with Crippen LogP contribution in [0.4, 0.5) is 0 Å². The minimum atomic E-state index is 0.546. The summed E-state index contributed by atoms with van der Waals surface area (Å²) in [4.78, 5) is 13.8. The minimum absolute atomic E-state index is 0.546. The van der Waals surface area contributed by atoms with Crippen molar-refractivity contribution in [2.45, 2.75) is 39.8 Å². The van der Waals surface area contributed by atoms with E-state index in [0.29, 0.717) is 11.2 Å². The monoisotopic (exact) mass is 343 g/mol. The summed E-state index contributed by atoms with van der Waals surface area (Å²) in [6.45, 7) is 7.15. The lowest BCUT2D eigenvalue weighted by Crippen LogP contribution is -2.33. The standard InChI is InChI=1S/C15H22ClN3S2/c1-6-11(8-20-5)19(4)7-12-17-14(16)13-9(2)10(3)21-15(13)18-12/h11H,6-8H2,1-5H3. The number of thioether (sulfide) groups is 1. The van der Waals surface area contributed by atoms with Crippen molar-refractivity contribution >= 4 is 44.9 Å². The first-order valence-electron chi connectivity index (χ1n) is 7.09. The average Bonchev–Trinajstić information content (AvgIpc) is 2.71. The number of aryl methyl sites for hydroxylation is 2. The predicted octanol–water partition coefficient (Wildman–Crippen LogP) is 4.53. The molecule has 0 saturated heterocycles. The summed E-state index contributed by atoms with van der Waals surface area (Å²) in [5.74, 6) is 1.94. The van der Waals surface area contributed by atoms with Gasteiger partial charge in [0, 0.05) is 16.7 Å². The SMILES string of the molecule is CCC(CSC)N(C)Cc1nc(Cl)c2c(C)c(C)sc2n1. The van der Waals surface area contributed by atoms with E-state index < -0.39 is 0 Å². The van der Waals surface area contributed by atoms with Gasteiger partial charge in [0.05, 0.1) is 11.9 Å². The van der Waals surface area contributed by atoms with E-state index >= 15 is 0 Å². The van der Waals surface area contributed by atoms with Crippen molar-refractivity contribution in [1.82, 2.24) is 14.9 Å². The molecule has 3 nitrogen and oxygen atoms in total. The molecule has 0 amide bonds. The summed E-state index contributed by atoms with van der Waals surface area (Å²) in [5.41, 5.74) is 1.20. The van der Waals surface area contributed by atoms with Gasteiger partial charge in [0.15, 0.2) is 0 Å². The third kappa shape index (κ3) is 3.70. The van der Waals surface area contributed by atoms with E-state index in [1.807, 2.05) is 11.8 Å². The fraction of sp³-hybridized carbons (Fsp3) is 0.600. The van der Waals surface area contributed by atoms with Crippen LogP contribution in [0.25, 0.3) is 10.2 Å². The molecule has 0 radical (unpaired) electrons. The number of aromatic nitrogens is 2. The lowest BCUT2D eigenvalue weighted by atomic mass is 10.2. The van der Waals surface area contributed by atoms with Crippen molar-refractivity contribution in [3.05, 3.63) is 21.4 Å². The molecule has 0 saturated carbocycles. The first-order chi connectivity index (χ1) is 9.97. The zero-order valence-corrected chi connectivity index (χ0v) is 15.6. The topological polar surface area (TPSA) is 29.0 Å². The predicted molar refractivity (Wildman–Crippen MR) is 95.8 cm³/mol. The summed E-state index contributed by atoms with van der Waals surface area (Å²) in [7, 11) is 2.14. The van der Waals surface area contributed by atoms with E-state index in [9.17, 15) is 0 Å². The second kappa shape index (κ2) is 7.27. The molecular weight excluding hydrogens is 322 g/mol. The number of hydrogen-bond donors (Lipinski definition) is 0. The van der Waals surface area contributed by atoms with Crippen LogP contribution in [0, 0.1) is 13.8 Å². The number of halogens is 1. The van der Waals surface area contributed by atoms with Crippen LogP contribution in [0.3, 0.4) is 0 Å². The molecule has 2 heterocycles. The van der Waals surface area contributed by atoms with Crippen LogP contribution >= 0.6 is 34.7 Å². The van der Waals surface area contributed by atoms with Gasteiger partial charge in [0.25, 0.3) is 0 Å². The largest absolute Gasteiger partial charge is 0.295 e. The average molecular weight is 344 g/mol. The summed E-state index contributed by atoms with van der Waals surface area (Å²) in [6, 6.07) is 0.546. The Bertz CT molecular complexity index is 627. The third-order valence-electron chi connectivity index (χ3n) is 3.88. The van der Waals surface area contributed by atoms with Crippen LogP contribution in [0.2, 0.25) is 5.15 Å². The fourth-order valence-corrected chi connectivity index (χ4v) is 4.72. The molecule has 6 heteroatoms. The first-order valence-corrected chi connectivity index (χ1v) is 9.68. The van der Waals surface area contributed by atoms with E-state index in [-0.39, 0.29) is 0 Å². The molecule has 0 fully saturated rings. The van der Waals surface area contributed by atoms with Crippen LogP contribution in [0.15, 0.2) is 0 Å². The molecule has 0 N–H and O–H groups in total. The Morgan fingerprint density at radius 1 is 1.33 bits per heavy atom. The molecule has 0 bridgehead atoms. The van der Waals surface area contributed by atoms with Crippen molar-refractivity contribution in [3.63, 3.8) is 0 Å². The van der Waals surface area contributed by atoms with Gasteiger partial charge in [-0.05, 0) is 39.1 Å². The maximum absolute atomic E-state index is 6.37. The van der Waals surface area contributed by atoms with E-state index in [2.05, 4.69) is 44.0 Å². The molecule has 116 valence electrons. The van der Waals surface area contributed by atoms with E-state index in [4.69, 9.17) is 16.6 Å². The molecule has 0 aliphatic carbocycles. The van der Waals surface area contributed by atoms with Crippen LogP contribution in [0.1, 0.15) is 29.6 Å². The van der Waals surface area contributed by atoms with Crippen molar-refractivity contribution in [1.29, 1.82) is 0 Å². The molecular formula is C15H22ClN3S2. The molecule has 2 rings (SSSR count). The quantitative estimate of drug-likeness (QED) is 0.720. The van der Waals surface area contributed by atoms with Crippen molar-refractivity contribution in [2.75, 3.05) is 19.1 Å². The molecule has 21 heavy (non-hydrogen) atoms. The summed E-state index contributed by atoms with van der Waals surface area (Å²) >= 11 is 9.95. The third-order valence-corrected chi connectivity index (χ3v) is 5.97. The highest BCUT2D eigenvalue weighted by molar-refractivity contribution is 7.98. The molecule has 0 aliphatic rings. The maximum atomic E-state index is 6.37. The smallest absolute Gasteiger partial charge is 0.145 e. The van der Waals surface area contributed by atoms with Gasteiger partial charge in [-0.1, -0.05) is 18.5 Å². The molecule has 2 aromatic heterocycles. The summed E-state index contributed by atoms with van der Waals surface area (Å²) < 4.78 is 0. The summed E-state index contributed by atoms with van der Waals surface area (Å²) in [6.07, 6.45) is 3.28. The lowest BCUT2D eigenvalue weighted by molar-refractivity contribution is 0.242. The van der Waals surface area contributed by atoms with E-state index in [1.165, 1.54) is 10.4 Å². The molecule has 0 aliphatic heterocycles. The Labute approximate surface area is 140 Å². The molecule has 0 spiro atoms. The van der Waals surface area contributed by atoms with Crippen molar-refractivity contribution in [2.24, 2.45) is 0 Å². The number of fused-ring (bicyclic) bond motifs is 1. The van der Waals surface area contributed by atoms with Gasteiger partial charge in [-0.15, -0.1) is 11.3 Å². The normalized spacial score (nSPS) is 13.3. The highest BCUT2D eigenvalue weighted by atomic mass is 35.5.